The van der Waals surface area contributed by atoms with E-state index in [9.17, 15) is 8.42 Å². The summed E-state index contributed by atoms with van der Waals surface area (Å²) in [5, 5.41) is 7.39. The predicted molar refractivity (Wildman–Crippen MR) is 374 cm³/mol. The minimum atomic E-state index is -3.74. The molecule has 0 fully saturated rings. The van der Waals surface area contributed by atoms with Gasteiger partial charge in [-0.25, -0.2) is 8.42 Å². The van der Waals surface area contributed by atoms with Crippen LogP contribution in [0, 0.1) is 0 Å². The summed E-state index contributed by atoms with van der Waals surface area (Å²) in [6.07, 6.45) is 0. The molecule has 0 N–H and O–H groups in total. The minimum absolute atomic E-state index is 0.347. The van der Waals surface area contributed by atoms with Crippen molar-refractivity contribution in [2.45, 2.75) is 9.79 Å². The summed E-state index contributed by atoms with van der Waals surface area (Å²) >= 11 is 0. The largest absolute Gasteiger partial charge is 0.309 e. The first-order valence-electron chi connectivity index (χ1n) is 30.8. The van der Waals surface area contributed by atoms with Gasteiger partial charge >= 0.3 is 0 Å². The van der Waals surface area contributed by atoms with E-state index in [1.165, 1.54) is 99.0 Å². The molecule has 0 bridgehead atoms. The number of rotatable bonds is 8. The molecule has 3 nitrogen and oxygen atoms in total. The van der Waals surface area contributed by atoms with Gasteiger partial charge in [0.1, 0.15) is 0 Å². The van der Waals surface area contributed by atoms with E-state index in [2.05, 4.69) is 278 Å². The summed E-state index contributed by atoms with van der Waals surface area (Å²) in [6, 6.07) is 112. The van der Waals surface area contributed by atoms with E-state index < -0.39 is 9.84 Å². The van der Waals surface area contributed by atoms with Gasteiger partial charge < -0.3 is 4.57 Å². The molecule has 0 saturated carbocycles. The summed E-state index contributed by atoms with van der Waals surface area (Å²) in [7, 11) is -3.74. The maximum atomic E-state index is 14.4. The number of sulfone groups is 1. The molecule has 1 aliphatic heterocycles. The Morgan fingerprint density at radius 1 is 0.222 bits per heavy atom. The van der Waals surface area contributed by atoms with Crippen LogP contribution in [-0.2, 0) is 9.84 Å². The second-order valence-electron chi connectivity index (χ2n) is 24.1. The summed E-state index contributed by atoms with van der Waals surface area (Å²) in [4.78, 5) is 0.708. The molecule has 1 aromatic heterocycles. The van der Waals surface area contributed by atoms with Gasteiger partial charge in [0.25, 0.3) is 0 Å². The van der Waals surface area contributed by atoms with Crippen LogP contribution in [0.1, 0.15) is 0 Å². The predicted octanol–water partition coefficient (Wildman–Crippen LogP) is 22.9. The Labute approximate surface area is 521 Å². The molecule has 3 aliphatic rings. The molecule has 16 aromatic rings. The number of para-hydroxylation sites is 2. The molecule has 418 valence electrons. The van der Waals surface area contributed by atoms with Gasteiger partial charge in [-0.2, -0.15) is 0 Å². The van der Waals surface area contributed by atoms with Gasteiger partial charge in [-0.15, -0.1) is 0 Å². The number of nitrogens with zero attached hydrogens (tertiary/aromatic N) is 1. The Bertz CT molecular complexity index is 5850. The van der Waals surface area contributed by atoms with E-state index in [-0.39, 0.29) is 0 Å². The van der Waals surface area contributed by atoms with Gasteiger partial charge in [-0.3, -0.25) is 0 Å². The van der Waals surface area contributed by atoms with E-state index in [1.807, 2.05) is 30.3 Å². The first-order valence-corrected chi connectivity index (χ1v) is 32.3. The van der Waals surface area contributed by atoms with E-state index in [4.69, 9.17) is 0 Å². The lowest BCUT2D eigenvalue weighted by atomic mass is 9.81. The number of hydrogen-bond acceptors (Lipinski definition) is 2. The van der Waals surface area contributed by atoms with Crippen LogP contribution in [0.3, 0.4) is 0 Å². The van der Waals surface area contributed by atoms with Crippen LogP contribution >= 0.6 is 0 Å². The molecule has 4 heteroatoms. The van der Waals surface area contributed by atoms with Gasteiger partial charge in [0.2, 0.25) is 9.84 Å². The normalized spacial score (nSPS) is 12.8. The maximum absolute atomic E-state index is 14.4. The lowest BCUT2D eigenvalue weighted by Crippen LogP contribution is -1.98. The molecule has 0 spiro atoms. The fourth-order valence-electron chi connectivity index (χ4n) is 15.6. The van der Waals surface area contributed by atoms with Gasteiger partial charge in [0.15, 0.2) is 0 Å². The van der Waals surface area contributed by atoms with Gasteiger partial charge in [0, 0.05) is 27.6 Å². The zero-order valence-corrected chi connectivity index (χ0v) is 49.4. The maximum Gasteiger partial charge on any atom is 0.207 e. The lowest BCUT2D eigenvalue weighted by molar-refractivity contribution is 0.598. The third-order valence-electron chi connectivity index (χ3n) is 19.4. The molecule has 2 aliphatic carbocycles. The van der Waals surface area contributed by atoms with Crippen molar-refractivity contribution in [2.24, 2.45) is 0 Å². The highest BCUT2D eigenvalue weighted by atomic mass is 32.2. The van der Waals surface area contributed by atoms with Crippen molar-refractivity contribution >= 4 is 53.2 Å². The Morgan fingerprint density at radius 2 is 0.622 bits per heavy atom. The SMILES string of the molecule is O=S1(=O)c2ccccc2-c2ccc(-c3cc(-c4ccc(-c5ccc(-c6c(-c7ccc8c9ccccc9n(-c9ccccc9)c8c7)cc(-c7ccccc7)c7c6-c6cccc8cccc-7c68)cc5)cc4)c4c(c3-c3ccccc3)-c3cccc5cccc-4c35)cc21. The smallest absolute Gasteiger partial charge is 0.207 e. The summed E-state index contributed by atoms with van der Waals surface area (Å²) in [6.45, 7) is 0. The molecule has 15 aromatic carbocycles. The summed E-state index contributed by atoms with van der Waals surface area (Å²) in [5.74, 6) is 0. The van der Waals surface area contributed by atoms with Crippen molar-refractivity contribution in [1.29, 1.82) is 0 Å². The first-order chi connectivity index (χ1) is 44.4. The molecule has 0 unspecified atom stereocenters. The molecule has 0 saturated heterocycles. The molecule has 19 rings (SSSR count). The second-order valence-corrected chi connectivity index (χ2v) is 26.0. The average molecular weight is 1160 g/mol. The van der Waals surface area contributed by atoms with Crippen molar-refractivity contribution in [3.8, 4) is 139 Å². The van der Waals surface area contributed by atoms with Crippen LogP contribution < -0.4 is 0 Å². The second kappa shape index (κ2) is 19.3. The Morgan fingerprint density at radius 3 is 1.22 bits per heavy atom. The number of aromatic nitrogens is 1. The number of fused-ring (bicyclic) bond motifs is 12. The number of benzene rings is 15. The Balaban J connectivity index is 0.788. The molecule has 90 heavy (non-hydrogen) atoms. The van der Waals surface area contributed by atoms with Gasteiger partial charge in [-0.1, -0.05) is 261 Å². The highest BCUT2D eigenvalue weighted by Gasteiger charge is 2.36. The van der Waals surface area contributed by atoms with E-state index in [0.29, 0.717) is 9.79 Å². The molecule has 2 heterocycles. The lowest BCUT2D eigenvalue weighted by Gasteiger charge is -2.21. The standard InChI is InChI=1S/C86H51NO2S/c88-90(89)77-35-13-11-29-65(77)66-47-45-61(49-78(66)90)74-51-72(84-68-31-15-23-57-24-16-32-69(80(57)68)85(84)81(74)58-20-6-2-7-21-58)55-40-36-52(37-41-55)53-38-42-59(43-39-53)82-73(60-44-46-64-63-28-10-12-34-75(63)87(76(64)48-60)62-26-8-3-9-27-62)50-71(54-18-4-1-5-19-54)83-67-30-14-22-56-25-17-33-70(79(56)67)86(82)83/h1-51H. The Kier molecular flexibility index (Phi) is 10.9. The topological polar surface area (TPSA) is 39.1 Å². The summed E-state index contributed by atoms with van der Waals surface area (Å²) < 4.78 is 31.2. The van der Waals surface area contributed by atoms with Gasteiger partial charge in [-0.05, 0) is 192 Å². The van der Waals surface area contributed by atoms with Crippen molar-refractivity contribution in [3.63, 3.8) is 0 Å². The van der Waals surface area contributed by atoms with Crippen LogP contribution in [-0.4, -0.2) is 13.0 Å². The fourth-order valence-corrected chi connectivity index (χ4v) is 17.3. The minimum Gasteiger partial charge on any atom is -0.309 e. The van der Waals surface area contributed by atoms with Crippen LogP contribution in [0.15, 0.2) is 319 Å². The van der Waals surface area contributed by atoms with Gasteiger partial charge in [0.05, 0.1) is 20.8 Å². The van der Waals surface area contributed by atoms with E-state index in [1.54, 1.807) is 6.07 Å². The molecular formula is C86H51NO2S. The van der Waals surface area contributed by atoms with Crippen molar-refractivity contribution in [2.75, 3.05) is 0 Å². The molecule has 0 amide bonds. The molecule has 0 radical (unpaired) electrons. The molecular weight excluding hydrogens is 1110 g/mol. The van der Waals surface area contributed by atoms with E-state index >= 15 is 0 Å². The Hall–Kier alpha value is -11.4. The monoisotopic (exact) mass is 1160 g/mol. The number of hydrogen-bond donors (Lipinski definition) is 0. The zero-order valence-electron chi connectivity index (χ0n) is 48.6. The highest BCUT2D eigenvalue weighted by Crippen LogP contribution is 2.60. The first kappa shape index (κ1) is 50.7. The third kappa shape index (κ3) is 7.31. The third-order valence-corrected chi connectivity index (χ3v) is 21.3. The van der Waals surface area contributed by atoms with Crippen LogP contribution in [0.4, 0.5) is 0 Å². The average Bonchev–Trinajstić information content (AvgIpc) is 1.70. The fraction of sp³-hybridized carbons (Fsp3) is 0. The molecule has 0 atom stereocenters. The zero-order chi connectivity index (χ0) is 59.3. The highest BCUT2D eigenvalue weighted by molar-refractivity contribution is 7.92. The van der Waals surface area contributed by atoms with Crippen molar-refractivity contribution in [3.05, 3.63) is 309 Å². The van der Waals surface area contributed by atoms with E-state index in [0.717, 1.165) is 83.5 Å². The van der Waals surface area contributed by atoms with Crippen LogP contribution in [0.2, 0.25) is 0 Å². The van der Waals surface area contributed by atoms with Crippen LogP contribution in [0.5, 0.6) is 0 Å². The van der Waals surface area contributed by atoms with Crippen LogP contribution in [0.25, 0.3) is 183 Å². The quantitative estimate of drug-likeness (QED) is 0.152. The van der Waals surface area contributed by atoms with Crippen molar-refractivity contribution < 1.29 is 8.42 Å². The van der Waals surface area contributed by atoms with Crippen molar-refractivity contribution in [1.82, 2.24) is 4.57 Å². The summed E-state index contributed by atoms with van der Waals surface area (Å²) in [5.41, 5.74) is 30.2.